The fraction of sp³-hybridized carbons (Fsp3) is 0.0714. The van der Waals surface area contributed by atoms with Crippen LogP contribution in [0.3, 0.4) is 0 Å². The molecule has 0 fully saturated rings. The highest BCUT2D eigenvalue weighted by Crippen LogP contribution is 2.24. The van der Waals surface area contributed by atoms with Crippen LogP contribution in [0.15, 0.2) is 41.3 Å². The van der Waals surface area contributed by atoms with Crippen molar-refractivity contribution < 1.29 is 8.42 Å². The number of nitriles is 1. The van der Waals surface area contributed by atoms with Crippen LogP contribution in [0.4, 0.5) is 11.4 Å². The Morgan fingerprint density at radius 3 is 2.57 bits per heavy atom. The van der Waals surface area contributed by atoms with Crippen molar-refractivity contribution in [3.8, 4) is 6.07 Å². The van der Waals surface area contributed by atoms with Gasteiger partial charge in [-0.25, -0.2) is 8.42 Å². The van der Waals surface area contributed by atoms with Gasteiger partial charge in [-0.2, -0.15) is 5.26 Å². The van der Waals surface area contributed by atoms with E-state index in [0.717, 1.165) is 5.56 Å². The highest BCUT2D eigenvalue weighted by atomic mass is 35.5. The summed E-state index contributed by atoms with van der Waals surface area (Å²) in [6.07, 6.45) is 0. The first-order chi connectivity index (χ1) is 9.83. The molecule has 2 aromatic carbocycles. The molecule has 5 nitrogen and oxygen atoms in total. The van der Waals surface area contributed by atoms with Crippen LogP contribution in [-0.4, -0.2) is 8.42 Å². The molecule has 108 valence electrons. The van der Waals surface area contributed by atoms with Crippen LogP contribution in [-0.2, 0) is 10.0 Å². The van der Waals surface area contributed by atoms with Crippen LogP contribution in [0.1, 0.15) is 11.1 Å². The molecule has 0 atom stereocenters. The van der Waals surface area contributed by atoms with Crippen molar-refractivity contribution in [3.63, 3.8) is 0 Å². The number of hydrogen-bond donors (Lipinski definition) is 2. The number of nitrogens with one attached hydrogen (secondary N) is 1. The zero-order chi connectivity index (χ0) is 15.6. The van der Waals surface area contributed by atoms with Crippen molar-refractivity contribution in [2.75, 3.05) is 10.5 Å². The molecule has 0 amide bonds. The molecular formula is C14H12ClN3O2S. The summed E-state index contributed by atoms with van der Waals surface area (Å²) in [5, 5.41) is 9.49. The summed E-state index contributed by atoms with van der Waals surface area (Å²) in [4.78, 5) is -0.129. The Morgan fingerprint density at radius 1 is 1.24 bits per heavy atom. The summed E-state index contributed by atoms with van der Waals surface area (Å²) in [6, 6.07) is 10.7. The zero-order valence-electron chi connectivity index (χ0n) is 11.1. The number of rotatable bonds is 3. The predicted molar refractivity (Wildman–Crippen MR) is 82.6 cm³/mol. The lowest BCUT2D eigenvalue weighted by Crippen LogP contribution is -2.14. The number of benzene rings is 2. The summed E-state index contributed by atoms with van der Waals surface area (Å²) < 4.78 is 27.1. The molecule has 7 heteroatoms. The molecule has 2 rings (SSSR count). The number of nitrogens with zero attached hydrogens (tertiary/aromatic N) is 1. The van der Waals surface area contributed by atoms with E-state index in [-0.39, 0.29) is 10.5 Å². The number of nitrogens with two attached hydrogens (primary N) is 1. The van der Waals surface area contributed by atoms with Crippen molar-refractivity contribution >= 4 is 33.0 Å². The average Bonchev–Trinajstić information content (AvgIpc) is 2.42. The van der Waals surface area contributed by atoms with E-state index in [2.05, 4.69) is 4.72 Å². The quantitative estimate of drug-likeness (QED) is 0.849. The number of aryl methyl sites for hydroxylation is 1. The highest BCUT2D eigenvalue weighted by molar-refractivity contribution is 7.92. The van der Waals surface area contributed by atoms with E-state index < -0.39 is 10.0 Å². The Kier molecular flexibility index (Phi) is 4.07. The van der Waals surface area contributed by atoms with Crippen LogP contribution < -0.4 is 10.5 Å². The van der Waals surface area contributed by atoms with Gasteiger partial charge in [0, 0.05) is 10.7 Å². The van der Waals surface area contributed by atoms with Gasteiger partial charge in [-0.1, -0.05) is 17.7 Å². The molecule has 2 aromatic rings. The summed E-state index contributed by atoms with van der Waals surface area (Å²) in [5.74, 6) is 0. The largest absolute Gasteiger partial charge is 0.399 e. The lowest BCUT2D eigenvalue weighted by molar-refractivity contribution is 0.601. The van der Waals surface area contributed by atoms with Crippen LogP contribution in [0.5, 0.6) is 0 Å². The van der Waals surface area contributed by atoms with Gasteiger partial charge in [0.25, 0.3) is 10.0 Å². The molecule has 0 radical (unpaired) electrons. The minimum Gasteiger partial charge on any atom is -0.399 e. The number of sulfonamides is 1. The van der Waals surface area contributed by atoms with Gasteiger partial charge < -0.3 is 5.73 Å². The van der Waals surface area contributed by atoms with E-state index in [1.807, 2.05) is 13.0 Å². The molecule has 0 spiro atoms. The third kappa shape index (κ3) is 3.27. The number of nitrogen functional groups attached to an aromatic ring is 1. The summed E-state index contributed by atoms with van der Waals surface area (Å²) in [7, 11) is -3.89. The summed E-state index contributed by atoms with van der Waals surface area (Å²) in [5.41, 5.74) is 7.02. The van der Waals surface area contributed by atoms with Crippen LogP contribution in [0.2, 0.25) is 5.02 Å². The lowest BCUT2D eigenvalue weighted by atomic mass is 10.2. The second-order valence-corrected chi connectivity index (χ2v) is 6.49. The number of hydrogen-bond acceptors (Lipinski definition) is 4. The van der Waals surface area contributed by atoms with Crippen LogP contribution >= 0.6 is 11.6 Å². The number of halogens is 1. The molecule has 0 aliphatic carbocycles. The zero-order valence-corrected chi connectivity index (χ0v) is 12.7. The van der Waals surface area contributed by atoms with E-state index in [9.17, 15) is 8.42 Å². The molecule has 0 bridgehead atoms. The van der Waals surface area contributed by atoms with Gasteiger partial charge in [0.2, 0.25) is 0 Å². The van der Waals surface area contributed by atoms with E-state index in [1.54, 1.807) is 12.1 Å². The van der Waals surface area contributed by atoms with E-state index in [1.165, 1.54) is 24.3 Å². The van der Waals surface area contributed by atoms with Crippen molar-refractivity contribution in [2.45, 2.75) is 11.8 Å². The van der Waals surface area contributed by atoms with Gasteiger partial charge in [0.05, 0.1) is 11.3 Å². The van der Waals surface area contributed by atoms with Crippen LogP contribution in [0, 0.1) is 18.3 Å². The topological polar surface area (TPSA) is 96.0 Å². The predicted octanol–water partition coefficient (Wildman–Crippen LogP) is 2.90. The molecule has 0 aliphatic heterocycles. The van der Waals surface area contributed by atoms with Crippen molar-refractivity contribution in [3.05, 3.63) is 52.5 Å². The monoisotopic (exact) mass is 321 g/mol. The highest BCUT2D eigenvalue weighted by Gasteiger charge is 2.19. The smallest absolute Gasteiger partial charge is 0.263 e. The van der Waals surface area contributed by atoms with Gasteiger partial charge >= 0.3 is 0 Å². The van der Waals surface area contributed by atoms with Crippen molar-refractivity contribution in [1.82, 2.24) is 0 Å². The molecule has 21 heavy (non-hydrogen) atoms. The molecule has 0 heterocycles. The molecule has 0 saturated heterocycles. The SMILES string of the molecule is Cc1ccc(NS(=O)(=O)c2ccc(N)cc2C#N)cc1Cl. The maximum absolute atomic E-state index is 12.3. The third-order valence-corrected chi connectivity index (χ3v) is 4.68. The van der Waals surface area contributed by atoms with E-state index >= 15 is 0 Å². The molecular weight excluding hydrogens is 310 g/mol. The molecule has 0 unspecified atom stereocenters. The Hall–Kier alpha value is -2.23. The Balaban J connectivity index is 2.43. The lowest BCUT2D eigenvalue weighted by Gasteiger charge is -2.10. The minimum absolute atomic E-state index is 0.0132. The van der Waals surface area contributed by atoms with Gasteiger partial charge in [-0.3, -0.25) is 4.72 Å². The van der Waals surface area contributed by atoms with Gasteiger partial charge in [-0.05, 0) is 42.8 Å². The number of anilines is 2. The second-order valence-electron chi connectivity index (χ2n) is 4.44. The minimum atomic E-state index is -3.89. The molecule has 3 N–H and O–H groups in total. The second kappa shape index (κ2) is 5.64. The van der Waals surface area contributed by atoms with E-state index in [0.29, 0.717) is 16.4 Å². The van der Waals surface area contributed by atoms with Gasteiger partial charge in [-0.15, -0.1) is 0 Å². The average molecular weight is 322 g/mol. The first kappa shape index (κ1) is 15.2. The first-order valence-corrected chi connectivity index (χ1v) is 7.78. The Morgan fingerprint density at radius 2 is 1.95 bits per heavy atom. The van der Waals surface area contributed by atoms with Crippen molar-refractivity contribution in [1.29, 1.82) is 5.26 Å². The van der Waals surface area contributed by atoms with Gasteiger partial charge in [0.15, 0.2) is 0 Å². The summed E-state index contributed by atoms with van der Waals surface area (Å²) >= 11 is 5.96. The first-order valence-electron chi connectivity index (χ1n) is 5.92. The normalized spacial score (nSPS) is 10.9. The summed E-state index contributed by atoms with van der Waals surface area (Å²) in [6.45, 7) is 1.81. The molecule has 0 aliphatic rings. The standard InChI is InChI=1S/C14H12ClN3O2S/c1-9-2-4-12(7-13(9)15)18-21(19,20)14-5-3-11(17)6-10(14)8-16/h2-7,18H,17H2,1H3. The van der Waals surface area contributed by atoms with Crippen molar-refractivity contribution in [2.24, 2.45) is 0 Å². The fourth-order valence-corrected chi connectivity index (χ4v) is 3.10. The van der Waals surface area contributed by atoms with Crippen LogP contribution in [0.25, 0.3) is 0 Å². The molecule has 0 aromatic heterocycles. The Labute approximate surface area is 128 Å². The maximum atomic E-state index is 12.3. The molecule has 0 saturated carbocycles. The maximum Gasteiger partial charge on any atom is 0.263 e. The fourth-order valence-electron chi connectivity index (χ4n) is 1.74. The third-order valence-electron chi connectivity index (χ3n) is 2.84. The Bertz CT molecular complexity index is 842. The van der Waals surface area contributed by atoms with E-state index in [4.69, 9.17) is 22.6 Å². The van der Waals surface area contributed by atoms with Gasteiger partial charge in [0.1, 0.15) is 11.0 Å².